The number of nitrogens with zero attached hydrogens (tertiary/aromatic N) is 6. The van der Waals surface area contributed by atoms with Crippen molar-refractivity contribution in [2.45, 2.75) is 70.1 Å². The number of aromatic nitrogens is 2. The van der Waals surface area contributed by atoms with E-state index in [0.29, 0.717) is 42.3 Å². The number of carbonyl (C=O) groups is 1. The number of ether oxygens (including phenoxy) is 1. The van der Waals surface area contributed by atoms with Gasteiger partial charge in [-0.1, -0.05) is 6.58 Å². The van der Waals surface area contributed by atoms with Crippen LogP contribution >= 0.6 is 0 Å². The van der Waals surface area contributed by atoms with E-state index in [1.54, 1.807) is 15.5 Å². The second-order valence-corrected chi connectivity index (χ2v) is 13.3. The normalized spacial score (nSPS) is 25.5. The molecule has 9 nitrogen and oxygen atoms in total. The molecule has 1 aromatic heterocycles. The summed E-state index contributed by atoms with van der Waals surface area (Å²) in [6, 6.07) is 7.01. The second kappa shape index (κ2) is 11.8. The number of nitriles is 1. The first-order valence-electron chi connectivity index (χ1n) is 16.2. The Morgan fingerprint density at radius 1 is 1.17 bits per heavy atom. The van der Waals surface area contributed by atoms with Gasteiger partial charge in [-0.25, -0.2) is 13.6 Å². The average molecular weight is 629 g/mol. The predicted molar refractivity (Wildman–Crippen MR) is 171 cm³/mol. The van der Waals surface area contributed by atoms with Gasteiger partial charge in [-0.15, -0.1) is 0 Å². The fraction of sp³-hybridized carbons (Fsp3) is 0.486. The summed E-state index contributed by atoms with van der Waals surface area (Å²) in [6.45, 7) is 10.6. The highest BCUT2D eigenvalue weighted by Gasteiger charge is 2.39. The molecule has 4 aliphatic rings. The van der Waals surface area contributed by atoms with Crippen LogP contribution in [-0.4, -0.2) is 76.2 Å². The van der Waals surface area contributed by atoms with Gasteiger partial charge in [-0.05, 0) is 82.7 Å². The largest absolute Gasteiger partial charge is 0.489 e. The van der Waals surface area contributed by atoms with Gasteiger partial charge in [-0.2, -0.15) is 10.2 Å². The molecule has 2 bridgehead atoms. The van der Waals surface area contributed by atoms with E-state index in [0.717, 1.165) is 37.6 Å². The highest BCUT2D eigenvalue weighted by molar-refractivity contribution is 6.01. The summed E-state index contributed by atoms with van der Waals surface area (Å²) in [5, 5.41) is 10.9. The maximum absolute atomic E-state index is 15.3. The highest BCUT2D eigenvalue weighted by atomic mass is 19.1. The minimum Gasteiger partial charge on any atom is -0.489 e. The molecule has 1 saturated carbocycles. The van der Waals surface area contributed by atoms with Crippen LogP contribution in [0, 0.1) is 28.9 Å². The minimum absolute atomic E-state index is 0.0216. The molecule has 240 valence electrons. The Hall–Kier alpha value is -4.30. The van der Waals surface area contributed by atoms with Gasteiger partial charge in [0, 0.05) is 60.3 Å². The lowest BCUT2D eigenvalue weighted by Gasteiger charge is -2.45. The molecule has 0 unspecified atom stereocenters. The van der Waals surface area contributed by atoms with Gasteiger partial charge >= 0.3 is 5.69 Å². The van der Waals surface area contributed by atoms with Crippen LogP contribution in [0.1, 0.15) is 57.6 Å². The molecule has 46 heavy (non-hydrogen) atoms. The van der Waals surface area contributed by atoms with E-state index < -0.39 is 17.3 Å². The van der Waals surface area contributed by atoms with Crippen molar-refractivity contribution in [3.63, 3.8) is 0 Å². The van der Waals surface area contributed by atoms with Crippen molar-refractivity contribution in [2.75, 3.05) is 37.7 Å². The number of rotatable bonds is 7. The molecule has 0 radical (unpaired) electrons. The first-order chi connectivity index (χ1) is 22.2. The summed E-state index contributed by atoms with van der Waals surface area (Å²) < 4.78 is 37.3. The van der Waals surface area contributed by atoms with Crippen molar-refractivity contribution in [3.8, 4) is 22.9 Å². The van der Waals surface area contributed by atoms with E-state index in [-0.39, 0.29) is 53.1 Å². The third-order valence-corrected chi connectivity index (χ3v) is 10.5. The molecule has 2 saturated heterocycles. The summed E-state index contributed by atoms with van der Waals surface area (Å²) in [4.78, 5) is 37.5. The van der Waals surface area contributed by atoms with Crippen LogP contribution in [0.25, 0.3) is 22.0 Å². The van der Waals surface area contributed by atoms with Gasteiger partial charge in [0.05, 0.1) is 23.2 Å². The monoisotopic (exact) mass is 628 g/mol. The fourth-order valence-electron chi connectivity index (χ4n) is 8.25. The maximum Gasteiger partial charge on any atom is 0.350 e. The summed E-state index contributed by atoms with van der Waals surface area (Å²) in [5.41, 5.74) is 0.344. The number of carbonyl (C=O) groups excluding carboxylic acids is 1. The smallest absolute Gasteiger partial charge is 0.350 e. The van der Waals surface area contributed by atoms with Crippen LogP contribution in [0.3, 0.4) is 0 Å². The number of hydrogen-bond acceptors (Lipinski definition) is 7. The van der Waals surface area contributed by atoms with Crippen LogP contribution in [0.2, 0.25) is 0 Å². The van der Waals surface area contributed by atoms with Crippen molar-refractivity contribution < 1.29 is 18.3 Å². The highest BCUT2D eigenvalue weighted by Crippen LogP contribution is 2.46. The Bertz CT molecular complexity index is 1840. The summed E-state index contributed by atoms with van der Waals surface area (Å²) in [6.07, 6.45) is 6.73. The van der Waals surface area contributed by atoms with Crippen molar-refractivity contribution in [1.29, 1.82) is 5.26 Å². The topological polar surface area (TPSA) is 94.7 Å². The molecular weight excluding hydrogens is 590 g/mol. The van der Waals surface area contributed by atoms with Gasteiger partial charge in [0.2, 0.25) is 5.91 Å². The van der Waals surface area contributed by atoms with Crippen molar-refractivity contribution >= 4 is 22.6 Å². The number of piperazine rings is 1. The molecule has 1 amide bonds. The van der Waals surface area contributed by atoms with Crippen LogP contribution in [0.4, 0.5) is 14.6 Å². The molecule has 1 aliphatic carbocycles. The Morgan fingerprint density at radius 2 is 2.00 bits per heavy atom. The van der Waals surface area contributed by atoms with E-state index in [2.05, 4.69) is 22.5 Å². The molecule has 7 rings (SSSR count). The molecule has 11 heteroatoms. The first kappa shape index (κ1) is 30.4. The van der Waals surface area contributed by atoms with Crippen LogP contribution < -0.4 is 15.3 Å². The van der Waals surface area contributed by atoms with E-state index in [1.807, 2.05) is 18.7 Å². The van der Waals surface area contributed by atoms with Crippen LogP contribution in [-0.2, 0) is 4.79 Å². The lowest BCUT2D eigenvalue weighted by atomic mass is 9.94. The molecule has 3 aromatic rings. The minimum atomic E-state index is -0.827. The number of likely N-dealkylation sites (tertiary alicyclic amines) is 1. The number of benzene rings is 2. The lowest BCUT2D eigenvalue weighted by molar-refractivity contribution is -0.128. The Morgan fingerprint density at radius 3 is 2.70 bits per heavy atom. The summed E-state index contributed by atoms with van der Waals surface area (Å²) >= 11 is 0. The zero-order chi connectivity index (χ0) is 32.3. The second-order valence-electron chi connectivity index (χ2n) is 13.3. The van der Waals surface area contributed by atoms with E-state index in [4.69, 9.17) is 4.74 Å². The predicted octanol–water partition coefficient (Wildman–Crippen LogP) is 5.02. The number of halogens is 2. The van der Waals surface area contributed by atoms with Crippen LogP contribution in [0.15, 0.2) is 41.7 Å². The Balaban J connectivity index is 1.34. The number of amides is 1. The number of piperidine rings is 1. The van der Waals surface area contributed by atoms with Gasteiger partial charge in [0.15, 0.2) is 5.75 Å². The van der Waals surface area contributed by atoms with E-state index >= 15 is 4.39 Å². The number of anilines is 1. The number of fused-ring (bicyclic) bond motifs is 2. The standard InChI is InChI=1S/C35H38F2N6O3/c1-4-30(44)41-16-21(3)42(17-20(41)2)34-28-13-23(15-38)31(27-10-8-24(36)14-29(27)37)33-32(28)43(35(45)39-34)26(19-46-33)6-5-11-40-18-22-7-9-25(40)12-22/h4,8,10,13-14,20-22,25-26H,1,5-7,9,11-12,16-19H2,2-3H3/t20-,21+,22+,25-,26-/m1/s1. The molecule has 4 heterocycles. The molecule has 3 aliphatic heterocycles. The van der Waals surface area contributed by atoms with Crippen LogP contribution in [0.5, 0.6) is 5.75 Å². The first-order valence-corrected chi connectivity index (χ1v) is 16.2. The van der Waals surface area contributed by atoms with Gasteiger partial charge < -0.3 is 19.4 Å². The zero-order valence-electron chi connectivity index (χ0n) is 26.2. The maximum atomic E-state index is 15.3. The zero-order valence-corrected chi connectivity index (χ0v) is 26.2. The van der Waals surface area contributed by atoms with Gasteiger partial charge in [0.25, 0.3) is 0 Å². The van der Waals surface area contributed by atoms with Crippen molar-refractivity contribution in [1.82, 2.24) is 19.4 Å². The fourth-order valence-corrected chi connectivity index (χ4v) is 8.25. The van der Waals surface area contributed by atoms with Gasteiger partial charge in [0.1, 0.15) is 24.1 Å². The summed E-state index contributed by atoms with van der Waals surface area (Å²) in [7, 11) is 0. The van der Waals surface area contributed by atoms with Crippen molar-refractivity contribution in [2.24, 2.45) is 5.92 Å². The molecule has 3 fully saturated rings. The van der Waals surface area contributed by atoms with E-state index in [9.17, 15) is 19.2 Å². The lowest BCUT2D eigenvalue weighted by Crippen LogP contribution is -2.58. The average Bonchev–Trinajstić information content (AvgIpc) is 3.67. The summed E-state index contributed by atoms with van der Waals surface area (Å²) in [5.74, 6) is -0.319. The Labute approximate surface area is 266 Å². The molecule has 0 N–H and O–H groups in total. The van der Waals surface area contributed by atoms with E-state index in [1.165, 1.54) is 31.4 Å². The third kappa shape index (κ3) is 5.03. The molecule has 5 atom stereocenters. The Kier molecular flexibility index (Phi) is 7.79. The number of hydrogen-bond donors (Lipinski definition) is 0. The molecular formula is C35H38F2N6O3. The third-order valence-electron chi connectivity index (χ3n) is 10.5. The van der Waals surface area contributed by atoms with Crippen molar-refractivity contribution in [3.05, 3.63) is 64.6 Å². The van der Waals surface area contributed by atoms with Gasteiger partial charge in [-0.3, -0.25) is 9.36 Å². The molecule has 0 spiro atoms. The quantitative estimate of drug-likeness (QED) is 0.339. The SMILES string of the molecule is C=CC(=O)N1C[C@H](C)N(c2nc(=O)n3c4c(c(-c5ccc(F)cc5F)c(C#N)cc24)OC[C@H]3CCCN2C[C@H]3CC[C@@H]2C3)C[C@H]1C. The molecule has 2 aromatic carbocycles.